The highest BCUT2D eigenvalue weighted by Crippen LogP contribution is 2.64. The molecule has 3 nitrogen and oxygen atoms in total. The van der Waals surface area contributed by atoms with Crippen LogP contribution in [-0.4, -0.2) is 22.3 Å². The Labute approximate surface area is 128 Å². The summed E-state index contributed by atoms with van der Waals surface area (Å²) in [4.78, 5) is 12.3. The van der Waals surface area contributed by atoms with E-state index in [-0.39, 0.29) is 5.41 Å². The van der Waals surface area contributed by atoms with Gasteiger partial charge in [0, 0.05) is 5.41 Å². The summed E-state index contributed by atoms with van der Waals surface area (Å²) in [5, 5.41) is 10.2. The average Bonchev–Trinajstić information content (AvgIpc) is 2.36. The summed E-state index contributed by atoms with van der Waals surface area (Å²) in [7, 11) is 0. The molecule has 4 saturated carbocycles. The van der Waals surface area contributed by atoms with Crippen LogP contribution in [0.3, 0.4) is 0 Å². The van der Waals surface area contributed by atoms with Crippen molar-refractivity contribution in [3.05, 3.63) is 0 Å². The number of esters is 1. The van der Waals surface area contributed by atoms with Gasteiger partial charge in [0.05, 0.1) is 0 Å². The largest absolute Gasteiger partial charge is 0.457 e. The van der Waals surface area contributed by atoms with Gasteiger partial charge in [-0.05, 0) is 83.5 Å². The molecule has 1 unspecified atom stereocenters. The van der Waals surface area contributed by atoms with Crippen molar-refractivity contribution in [3.8, 4) is 0 Å². The number of rotatable bonds is 4. The second kappa shape index (κ2) is 4.71. The van der Waals surface area contributed by atoms with Gasteiger partial charge in [-0.2, -0.15) is 0 Å². The van der Waals surface area contributed by atoms with Crippen molar-refractivity contribution >= 4 is 5.97 Å². The monoisotopic (exact) mass is 294 g/mol. The molecule has 4 fully saturated rings. The smallest absolute Gasteiger partial charge is 0.338 e. The van der Waals surface area contributed by atoms with Crippen LogP contribution in [0.4, 0.5) is 0 Å². The Bertz CT molecular complexity index is 400. The summed E-state index contributed by atoms with van der Waals surface area (Å²) < 4.78 is 5.89. The molecule has 0 radical (unpaired) electrons. The van der Waals surface area contributed by atoms with Gasteiger partial charge >= 0.3 is 5.97 Å². The SMILES string of the molecule is CCC(C)(O)C(=O)OC(C)(C)C12CC3CC(CC(C3)C1)C2. The molecule has 0 saturated heterocycles. The summed E-state index contributed by atoms with van der Waals surface area (Å²) in [5.74, 6) is 2.05. The lowest BCUT2D eigenvalue weighted by Gasteiger charge is -2.61. The van der Waals surface area contributed by atoms with Crippen LogP contribution in [0.2, 0.25) is 0 Å². The van der Waals surface area contributed by atoms with E-state index in [1.807, 2.05) is 6.92 Å². The first-order chi connectivity index (χ1) is 9.67. The third kappa shape index (κ3) is 2.42. The van der Waals surface area contributed by atoms with E-state index >= 15 is 0 Å². The van der Waals surface area contributed by atoms with Gasteiger partial charge < -0.3 is 9.84 Å². The van der Waals surface area contributed by atoms with Crippen molar-refractivity contribution in [2.75, 3.05) is 0 Å². The van der Waals surface area contributed by atoms with E-state index in [0.29, 0.717) is 6.42 Å². The molecule has 0 aromatic rings. The molecule has 0 heterocycles. The fraction of sp³-hybridized carbons (Fsp3) is 0.944. The molecule has 4 rings (SSSR count). The minimum absolute atomic E-state index is 0.140. The van der Waals surface area contributed by atoms with Crippen molar-refractivity contribution in [2.24, 2.45) is 23.2 Å². The Hall–Kier alpha value is -0.570. The Kier molecular flexibility index (Phi) is 3.44. The number of carbonyl (C=O) groups is 1. The number of aliphatic hydroxyl groups is 1. The summed E-state index contributed by atoms with van der Waals surface area (Å²) in [6, 6.07) is 0. The molecule has 0 aromatic heterocycles. The van der Waals surface area contributed by atoms with E-state index in [2.05, 4.69) is 13.8 Å². The van der Waals surface area contributed by atoms with Crippen LogP contribution in [0.15, 0.2) is 0 Å². The quantitative estimate of drug-likeness (QED) is 0.804. The maximum atomic E-state index is 12.3. The highest BCUT2D eigenvalue weighted by Gasteiger charge is 2.59. The lowest BCUT2D eigenvalue weighted by Crippen LogP contribution is -2.58. The molecule has 0 aliphatic heterocycles. The van der Waals surface area contributed by atoms with Crippen LogP contribution in [-0.2, 0) is 9.53 Å². The topological polar surface area (TPSA) is 46.5 Å². The van der Waals surface area contributed by atoms with Crippen molar-refractivity contribution in [1.29, 1.82) is 0 Å². The first-order valence-corrected chi connectivity index (χ1v) is 8.63. The lowest BCUT2D eigenvalue weighted by atomic mass is 9.46. The van der Waals surface area contributed by atoms with Crippen LogP contribution >= 0.6 is 0 Å². The predicted octanol–water partition coefficient (Wildman–Crippen LogP) is 3.69. The van der Waals surface area contributed by atoms with Crippen LogP contribution in [0, 0.1) is 23.2 Å². The van der Waals surface area contributed by atoms with E-state index in [0.717, 1.165) is 17.8 Å². The van der Waals surface area contributed by atoms with E-state index in [1.165, 1.54) is 38.5 Å². The highest BCUT2D eigenvalue weighted by atomic mass is 16.6. The van der Waals surface area contributed by atoms with E-state index in [1.54, 1.807) is 6.92 Å². The minimum atomic E-state index is -1.36. The van der Waals surface area contributed by atoms with E-state index < -0.39 is 17.2 Å². The molecule has 4 aliphatic rings. The molecule has 0 spiro atoms. The van der Waals surface area contributed by atoms with Gasteiger partial charge in [-0.25, -0.2) is 4.79 Å². The maximum absolute atomic E-state index is 12.3. The first kappa shape index (κ1) is 15.3. The summed E-state index contributed by atoms with van der Waals surface area (Å²) >= 11 is 0. The van der Waals surface area contributed by atoms with Crippen molar-refractivity contribution in [2.45, 2.75) is 83.8 Å². The fourth-order valence-electron chi connectivity index (χ4n) is 5.44. The van der Waals surface area contributed by atoms with E-state index in [9.17, 15) is 9.90 Å². The second-order valence-electron chi connectivity index (χ2n) is 8.73. The van der Waals surface area contributed by atoms with Crippen molar-refractivity contribution in [3.63, 3.8) is 0 Å². The third-order valence-electron chi connectivity index (χ3n) is 6.79. The molecule has 120 valence electrons. The third-order valence-corrected chi connectivity index (χ3v) is 6.79. The van der Waals surface area contributed by atoms with Gasteiger partial charge in [0.2, 0.25) is 0 Å². The molecule has 21 heavy (non-hydrogen) atoms. The molecular formula is C18H30O3. The first-order valence-electron chi connectivity index (χ1n) is 8.63. The Morgan fingerprint density at radius 1 is 1.10 bits per heavy atom. The van der Waals surface area contributed by atoms with Crippen molar-refractivity contribution < 1.29 is 14.6 Å². The molecular weight excluding hydrogens is 264 g/mol. The Balaban J connectivity index is 1.80. The Morgan fingerprint density at radius 3 is 1.90 bits per heavy atom. The van der Waals surface area contributed by atoms with Gasteiger partial charge in [-0.1, -0.05) is 6.92 Å². The number of hydrogen-bond acceptors (Lipinski definition) is 3. The molecule has 3 heteroatoms. The van der Waals surface area contributed by atoms with Crippen LogP contribution in [0.1, 0.15) is 72.6 Å². The van der Waals surface area contributed by atoms with Crippen LogP contribution in [0.25, 0.3) is 0 Å². The summed E-state index contributed by atoms with van der Waals surface area (Å²) in [6.45, 7) is 7.53. The lowest BCUT2D eigenvalue weighted by molar-refractivity contribution is -0.212. The molecule has 4 aliphatic carbocycles. The molecule has 1 N–H and O–H groups in total. The zero-order chi connectivity index (χ0) is 15.5. The van der Waals surface area contributed by atoms with Crippen molar-refractivity contribution in [1.82, 2.24) is 0 Å². The van der Waals surface area contributed by atoms with Crippen LogP contribution in [0.5, 0.6) is 0 Å². The number of ether oxygens (including phenoxy) is 1. The van der Waals surface area contributed by atoms with Gasteiger partial charge in [-0.3, -0.25) is 0 Å². The highest BCUT2D eigenvalue weighted by molar-refractivity contribution is 5.79. The summed E-state index contributed by atoms with van der Waals surface area (Å²) in [6.07, 6.45) is 8.15. The van der Waals surface area contributed by atoms with Gasteiger partial charge in [0.25, 0.3) is 0 Å². The predicted molar refractivity (Wildman–Crippen MR) is 81.7 cm³/mol. The van der Waals surface area contributed by atoms with Gasteiger partial charge in [0.1, 0.15) is 5.60 Å². The van der Waals surface area contributed by atoms with Gasteiger partial charge in [-0.15, -0.1) is 0 Å². The standard InChI is InChI=1S/C18H30O3/c1-5-17(4,20)15(19)21-16(2,3)18-9-12-6-13(10-18)8-14(7-12)11-18/h12-14,20H,5-11H2,1-4H3. The molecule has 0 amide bonds. The zero-order valence-corrected chi connectivity index (χ0v) is 13.9. The molecule has 1 atom stereocenters. The summed E-state index contributed by atoms with van der Waals surface area (Å²) in [5.41, 5.74) is -1.69. The zero-order valence-electron chi connectivity index (χ0n) is 13.9. The number of carbonyl (C=O) groups excluding carboxylic acids is 1. The second-order valence-corrected chi connectivity index (χ2v) is 8.73. The Morgan fingerprint density at radius 2 is 1.52 bits per heavy atom. The maximum Gasteiger partial charge on any atom is 0.338 e. The average molecular weight is 294 g/mol. The minimum Gasteiger partial charge on any atom is -0.457 e. The number of hydrogen-bond donors (Lipinski definition) is 1. The van der Waals surface area contributed by atoms with E-state index in [4.69, 9.17) is 4.74 Å². The molecule has 4 bridgehead atoms. The van der Waals surface area contributed by atoms with Crippen LogP contribution < -0.4 is 0 Å². The van der Waals surface area contributed by atoms with Gasteiger partial charge in [0.15, 0.2) is 5.60 Å². The normalized spacial score (nSPS) is 40.9. The fourth-order valence-corrected chi connectivity index (χ4v) is 5.44. The molecule has 0 aromatic carbocycles.